The van der Waals surface area contributed by atoms with E-state index in [1.807, 2.05) is 30.3 Å². The van der Waals surface area contributed by atoms with Gasteiger partial charge in [0.2, 0.25) is 0 Å². The second-order valence-electron chi connectivity index (χ2n) is 7.75. The van der Waals surface area contributed by atoms with Crippen molar-refractivity contribution in [2.24, 2.45) is 0 Å². The Morgan fingerprint density at radius 2 is 2.07 bits per heavy atom. The number of H-pyrrole nitrogens is 2. The number of hydrogen-bond acceptors (Lipinski definition) is 4. The van der Waals surface area contributed by atoms with Crippen molar-refractivity contribution in [1.82, 2.24) is 25.0 Å². The lowest BCUT2D eigenvalue weighted by Crippen LogP contribution is -2.40. The summed E-state index contributed by atoms with van der Waals surface area (Å²) in [4.78, 5) is 32.8. The number of benzene rings is 1. The zero-order valence-corrected chi connectivity index (χ0v) is 16.0. The molecule has 8 nitrogen and oxygen atoms in total. The molecule has 2 aromatic heterocycles. The molecule has 1 saturated heterocycles. The first kappa shape index (κ1) is 17.9. The molecule has 150 valence electrons. The average molecular weight is 393 g/mol. The Balaban J connectivity index is 1.40. The third-order valence-electron chi connectivity index (χ3n) is 6.03. The summed E-state index contributed by atoms with van der Waals surface area (Å²) in [5, 5.41) is 17.8. The summed E-state index contributed by atoms with van der Waals surface area (Å²) >= 11 is 0. The van der Waals surface area contributed by atoms with E-state index < -0.39 is 0 Å². The molecule has 4 heterocycles. The van der Waals surface area contributed by atoms with E-state index in [9.17, 15) is 14.7 Å². The number of aromatic amines is 2. The van der Waals surface area contributed by atoms with Crippen LogP contribution in [0.25, 0.3) is 10.9 Å². The predicted octanol–water partition coefficient (Wildman–Crippen LogP) is 1.69. The molecule has 1 fully saturated rings. The zero-order valence-electron chi connectivity index (χ0n) is 16.0. The Kier molecular flexibility index (Phi) is 4.35. The smallest absolute Gasteiger partial charge is 0.275 e. The van der Waals surface area contributed by atoms with Crippen LogP contribution in [-0.4, -0.2) is 67.6 Å². The highest BCUT2D eigenvalue weighted by molar-refractivity contribution is 5.98. The first-order valence-corrected chi connectivity index (χ1v) is 10.0. The number of likely N-dealkylation sites (tertiary alicyclic amines) is 1. The molecule has 3 N–H and O–H groups in total. The molecule has 29 heavy (non-hydrogen) atoms. The van der Waals surface area contributed by atoms with E-state index in [1.54, 1.807) is 9.80 Å². The number of nitrogens with one attached hydrogen (secondary N) is 2. The van der Waals surface area contributed by atoms with Gasteiger partial charge in [0.15, 0.2) is 5.69 Å². The number of fused-ring (bicyclic) bond motifs is 2. The topological polar surface area (TPSA) is 105 Å². The molecule has 1 atom stereocenters. The number of carbonyl (C=O) groups excluding carboxylic acids is 2. The molecule has 1 aromatic carbocycles. The van der Waals surface area contributed by atoms with Gasteiger partial charge in [-0.15, -0.1) is 0 Å². The first-order chi connectivity index (χ1) is 14.2. The second-order valence-corrected chi connectivity index (χ2v) is 7.75. The Morgan fingerprint density at radius 3 is 2.90 bits per heavy atom. The largest absolute Gasteiger partial charge is 0.394 e. The van der Waals surface area contributed by atoms with Crippen LogP contribution in [0.2, 0.25) is 0 Å². The van der Waals surface area contributed by atoms with Gasteiger partial charge in [-0.05, 0) is 25.0 Å². The van der Waals surface area contributed by atoms with Gasteiger partial charge in [-0.2, -0.15) is 5.10 Å². The molecule has 2 amide bonds. The van der Waals surface area contributed by atoms with Crippen molar-refractivity contribution in [2.75, 3.05) is 19.7 Å². The van der Waals surface area contributed by atoms with Gasteiger partial charge >= 0.3 is 0 Å². The molecule has 8 heteroatoms. The quantitative estimate of drug-likeness (QED) is 0.630. The highest BCUT2D eigenvalue weighted by atomic mass is 16.3. The molecule has 2 aliphatic rings. The van der Waals surface area contributed by atoms with E-state index in [2.05, 4.69) is 15.2 Å². The van der Waals surface area contributed by atoms with Crippen LogP contribution in [-0.2, 0) is 13.0 Å². The number of aromatic nitrogens is 3. The summed E-state index contributed by atoms with van der Waals surface area (Å²) in [5.74, 6) is -0.250. The van der Waals surface area contributed by atoms with Crippen molar-refractivity contribution in [3.05, 3.63) is 53.0 Å². The van der Waals surface area contributed by atoms with E-state index in [1.165, 1.54) is 0 Å². The van der Waals surface area contributed by atoms with Crippen LogP contribution in [0.3, 0.4) is 0 Å². The van der Waals surface area contributed by atoms with E-state index in [0.29, 0.717) is 37.4 Å². The fourth-order valence-electron chi connectivity index (χ4n) is 4.43. The lowest BCUT2D eigenvalue weighted by molar-refractivity contribution is 0.0660. The summed E-state index contributed by atoms with van der Waals surface area (Å²) in [6.07, 6.45) is 2.32. The molecule has 0 spiro atoms. The second kappa shape index (κ2) is 7.04. The van der Waals surface area contributed by atoms with Crippen LogP contribution in [0.5, 0.6) is 0 Å². The maximum atomic E-state index is 13.1. The predicted molar refractivity (Wildman–Crippen MR) is 106 cm³/mol. The van der Waals surface area contributed by atoms with Gasteiger partial charge in [0, 0.05) is 41.7 Å². The minimum absolute atomic E-state index is 0.0383. The summed E-state index contributed by atoms with van der Waals surface area (Å²) in [7, 11) is 0. The van der Waals surface area contributed by atoms with Gasteiger partial charge in [-0.25, -0.2) is 0 Å². The van der Waals surface area contributed by atoms with E-state index >= 15 is 0 Å². The van der Waals surface area contributed by atoms with Crippen molar-refractivity contribution in [2.45, 2.75) is 31.8 Å². The highest BCUT2D eigenvalue weighted by Gasteiger charge is 2.34. The third-order valence-corrected chi connectivity index (χ3v) is 6.03. The molecular weight excluding hydrogens is 370 g/mol. The van der Waals surface area contributed by atoms with Crippen LogP contribution in [0, 0.1) is 0 Å². The van der Waals surface area contributed by atoms with Crippen LogP contribution < -0.4 is 0 Å². The summed E-state index contributed by atoms with van der Waals surface area (Å²) in [6, 6.07) is 9.51. The Hall–Kier alpha value is -3.13. The molecule has 0 radical (unpaired) electrons. The number of aliphatic hydroxyl groups excluding tert-OH is 1. The SMILES string of the molecule is O=C(c1cc2ccccc2[nH]1)N1CCc2[nH]nc(C(=O)N3CCC[C@H]3CO)c2C1. The number of carbonyl (C=O) groups is 2. The first-order valence-electron chi connectivity index (χ1n) is 10.0. The third kappa shape index (κ3) is 3.00. The summed E-state index contributed by atoms with van der Waals surface area (Å²) < 4.78 is 0. The number of hydrogen-bond donors (Lipinski definition) is 3. The standard InChI is InChI=1S/C21H23N5O3/c27-12-14-5-3-8-26(14)21(29)19-15-11-25(9-7-17(15)23-24-19)20(28)18-10-13-4-1-2-6-16(13)22-18/h1-2,4,6,10,14,22,27H,3,5,7-9,11-12H2,(H,23,24)/t14-/m0/s1. The molecule has 0 bridgehead atoms. The van der Waals surface area contributed by atoms with Crippen molar-refractivity contribution in [3.63, 3.8) is 0 Å². The lowest BCUT2D eigenvalue weighted by Gasteiger charge is -2.28. The van der Waals surface area contributed by atoms with Crippen molar-refractivity contribution in [3.8, 4) is 0 Å². The molecule has 3 aromatic rings. The van der Waals surface area contributed by atoms with Crippen LogP contribution in [0.15, 0.2) is 30.3 Å². The maximum Gasteiger partial charge on any atom is 0.275 e. The summed E-state index contributed by atoms with van der Waals surface area (Å²) in [5.41, 5.74) is 3.54. The van der Waals surface area contributed by atoms with Crippen molar-refractivity contribution >= 4 is 22.7 Å². The molecule has 0 unspecified atom stereocenters. The normalized spacial score (nSPS) is 19.0. The number of amides is 2. The highest BCUT2D eigenvalue weighted by Crippen LogP contribution is 2.26. The molecule has 0 saturated carbocycles. The van der Waals surface area contributed by atoms with Gasteiger partial charge in [0.25, 0.3) is 11.8 Å². The average Bonchev–Trinajstić information content (AvgIpc) is 3.49. The van der Waals surface area contributed by atoms with Gasteiger partial charge in [0.1, 0.15) is 5.69 Å². The zero-order chi connectivity index (χ0) is 20.0. The number of para-hydroxylation sites is 1. The minimum Gasteiger partial charge on any atom is -0.394 e. The van der Waals surface area contributed by atoms with E-state index in [4.69, 9.17) is 0 Å². The summed E-state index contributed by atoms with van der Waals surface area (Å²) in [6.45, 7) is 1.51. The van der Waals surface area contributed by atoms with Gasteiger partial charge in [0.05, 0.1) is 19.2 Å². The number of aliphatic hydroxyl groups is 1. The van der Waals surface area contributed by atoms with E-state index in [-0.39, 0.29) is 24.5 Å². The fourth-order valence-corrected chi connectivity index (χ4v) is 4.43. The maximum absolute atomic E-state index is 13.1. The Morgan fingerprint density at radius 1 is 1.21 bits per heavy atom. The Labute approximate surface area is 167 Å². The fraction of sp³-hybridized carbons (Fsp3) is 0.381. The Bertz CT molecular complexity index is 1050. The van der Waals surface area contributed by atoms with E-state index in [0.717, 1.165) is 35.0 Å². The number of rotatable bonds is 3. The van der Waals surface area contributed by atoms with Gasteiger partial charge in [-0.1, -0.05) is 18.2 Å². The minimum atomic E-state index is -0.168. The molecule has 0 aliphatic carbocycles. The monoisotopic (exact) mass is 393 g/mol. The van der Waals surface area contributed by atoms with Gasteiger partial charge in [-0.3, -0.25) is 14.7 Å². The van der Waals surface area contributed by atoms with Crippen LogP contribution in [0.4, 0.5) is 0 Å². The van der Waals surface area contributed by atoms with Crippen LogP contribution in [0.1, 0.15) is 45.1 Å². The molecule has 5 rings (SSSR count). The van der Waals surface area contributed by atoms with Crippen molar-refractivity contribution in [1.29, 1.82) is 0 Å². The van der Waals surface area contributed by atoms with Gasteiger partial charge < -0.3 is 19.9 Å². The number of nitrogens with zero attached hydrogens (tertiary/aromatic N) is 3. The molecule has 2 aliphatic heterocycles. The van der Waals surface area contributed by atoms with Crippen molar-refractivity contribution < 1.29 is 14.7 Å². The van der Waals surface area contributed by atoms with Crippen LogP contribution >= 0.6 is 0 Å². The lowest BCUT2D eigenvalue weighted by atomic mass is 10.0. The molecular formula is C21H23N5O3.